The van der Waals surface area contributed by atoms with E-state index < -0.39 is 5.97 Å². The maximum absolute atomic E-state index is 11.5. The number of nitrogens with one attached hydrogen (secondary N) is 2. The Balaban J connectivity index is 2.12. The van der Waals surface area contributed by atoms with Crippen LogP contribution in [0.4, 0.5) is 4.79 Å². The number of carboxylic acid groups (broad SMARTS) is 1. The number of aliphatic carboxylic acids is 1. The number of nitrogens with zero attached hydrogens (tertiary/aromatic N) is 3. The number of carbonyl (C=O) groups is 2. The lowest BCUT2D eigenvalue weighted by Gasteiger charge is -2.05. The van der Waals surface area contributed by atoms with Crippen molar-refractivity contribution < 1.29 is 14.7 Å². The zero-order chi connectivity index (χ0) is 15.5. The molecule has 118 valence electrons. The molecule has 1 heterocycles. The lowest BCUT2D eigenvalue weighted by atomic mass is 10.2. The van der Waals surface area contributed by atoms with Gasteiger partial charge in [-0.05, 0) is 24.9 Å². The second-order valence-electron chi connectivity index (χ2n) is 4.46. The number of hydrogen-bond acceptors (Lipinski definition) is 5. The Labute approximate surface area is 127 Å². The van der Waals surface area contributed by atoms with Crippen LogP contribution in [0.2, 0.25) is 0 Å². The largest absolute Gasteiger partial charge is 0.480 e. The summed E-state index contributed by atoms with van der Waals surface area (Å²) >= 11 is 1.83. The van der Waals surface area contributed by atoms with Crippen molar-refractivity contribution in [3.63, 3.8) is 0 Å². The fourth-order valence-corrected chi connectivity index (χ4v) is 2.11. The maximum atomic E-state index is 11.5. The van der Waals surface area contributed by atoms with Crippen LogP contribution in [0.25, 0.3) is 0 Å². The molecule has 0 fully saturated rings. The van der Waals surface area contributed by atoms with Crippen LogP contribution in [0.3, 0.4) is 0 Å². The van der Waals surface area contributed by atoms with E-state index in [0.717, 1.165) is 25.0 Å². The Morgan fingerprint density at radius 1 is 1.33 bits per heavy atom. The van der Waals surface area contributed by atoms with Gasteiger partial charge in [0.2, 0.25) is 0 Å². The quantitative estimate of drug-likeness (QED) is 0.548. The van der Waals surface area contributed by atoms with Gasteiger partial charge in [0, 0.05) is 6.54 Å². The molecular formula is C12H21N5O3S. The molecule has 1 rings (SSSR count). The second kappa shape index (κ2) is 10.0. The normalized spacial score (nSPS) is 10.3. The number of thioether (sulfide) groups is 1. The van der Waals surface area contributed by atoms with Gasteiger partial charge in [0.25, 0.3) is 0 Å². The smallest absolute Gasteiger partial charge is 0.325 e. The van der Waals surface area contributed by atoms with Crippen LogP contribution in [0.1, 0.15) is 25.0 Å². The number of aromatic nitrogens is 3. The van der Waals surface area contributed by atoms with E-state index in [1.807, 2.05) is 11.8 Å². The fraction of sp³-hybridized carbons (Fsp3) is 0.667. The maximum Gasteiger partial charge on any atom is 0.325 e. The molecule has 3 N–H and O–H groups in total. The van der Waals surface area contributed by atoms with Gasteiger partial charge in [-0.25, -0.2) is 9.48 Å². The predicted molar refractivity (Wildman–Crippen MR) is 80.1 cm³/mol. The molecule has 0 unspecified atom stereocenters. The first-order valence-electron chi connectivity index (χ1n) is 6.73. The highest BCUT2D eigenvalue weighted by atomic mass is 32.2. The summed E-state index contributed by atoms with van der Waals surface area (Å²) in [6.45, 7) is 0.624. The van der Waals surface area contributed by atoms with Crippen LogP contribution in [-0.2, 0) is 17.9 Å². The number of urea groups is 1. The number of carboxylic acids is 1. The molecule has 0 aromatic carbocycles. The average molecular weight is 315 g/mol. The van der Waals surface area contributed by atoms with E-state index in [0.29, 0.717) is 12.2 Å². The lowest BCUT2D eigenvalue weighted by Crippen LogP contribution is -2.35. The van der Waals surface area contributed by atoms with Gasteiger partial charge in [-0.15, -0.1) is 5.10 Å². The Kier molecular flexibility index (Phi) is 8.25. The first-order chi connectivity index (χ1) is 10.1. The van der Waals surface area contributed by atoms with Crippen molar-refractivity contribution >= 4 is 23.8 Å². The first kappa shape index (κ1) is 17.3. The molecule has 8 nitrogen and oxygen atoms in total. The SMILES string of the molecule is CSCCCCCNC(=O)NCc1cn(CC(=O)O)nn1. The van der Waals surface area contributed by atoms with Crippen LogP contribution in [0.15, 0.2) is 6.20 Å². The van der Waals surface area contributed by atoms with E-state index >= 15 is 0 Å². The average Bonchev–Trinajstić information content (AvgIpc) is 2.87. The lowest BCUT2D eigenvalue weighted by molar-refractivity contribution is -0.137. The summed E-state index contributed by atoms with van der Waals surface area (Å²) in [5.74, 6) is 0.164. The third-order valence-corrected chi connectivity index (χ3v) is 3.32. The van der Waals surface area contributed by atoms with Crippen molar-refractivity contribution in [1.29, 1.82) is 0 Å². The number of amides is 2. The summed E-state index contributed by atoms with van der Waals surface area (Å²) in [5.41, 5.74) is 0.520. The molecule has 0 saturated heterocycles. The standard InChI is InChI=1S/C12H21N5O3S/c1-21-6-4-2-3-5-13-12(20)14-7-10-8-17(16-15-10)9-11(18)19/h8H,2-7,9H2,1H3,(H,18,19)(H2,13,14,20). The van der Waals surface area contributed by atoms with Gasteiger partial charge < -0.3 is 15.7 Å². The van der Waals surface area contributed by atoms with Gasteiger partial charge in [0.05, 0.1) is 12.7 Å². The van der Waals surface area contributed by atoms with Gasteiger partial charge in [-0.1, -0.05) is 11.6 Å². The summed E-state index contributed by atoms with van der Waals surface area (Å²) in [6.07, 6.45) is 6.81. The van der Waals surface area contributed by atoms with Gasteiger partial charge in [0.15, 0.2) is 0 Å². The molecule has 0 atom stereocenters. The molecule has 0 aliphatic rings. The summed E-state index contributed by atoms with van der Waals surface area (Å²) in [4.78, 5) is 22.0. The summed E-state index contributed by atoms with van der Waals surface area (Å²) in [7, 11) is 0. The predicted octanol–water partition coefficient (Wildman–Crippen LogP) is 0.695. The minimum absolute atomic E-state index is 0.220. The number of unbranched alkanes of at least 4 members (excludes halogenated alkanes) is 2. The molecule has 0 saturated carbocycles. The van der Waals surface area contributed by atoms with Crippen molar-refractivity contribution in [1.82, 2.24) is 25.6 Å². The molecule has 0 radical (unpaired) electrons. The van der Waals surface area contributed by atoms with Crippen LogP contribution in [0, 0.1) is 0 Å². The molecule has 0 aliphatic carbocycles. The highest BCUT2D eigenvalue weighted by Gasteiger charge is 2.05. The number of hydrogen-bond donors (Lipinski definition) is 3. The third kappa shape index (κ3) is 8.18. The van der Waals surface area contributed by atoms with Gasteiger partial charge >= 0.3 is 12.0 Å². The third-order valence-electron chi connectivity index (χ3n) is 2.62. The molecule has 0 aliphatic heterocycles. The highest BCUT2D eigenvalue weighted by Crippen LogP contribution is 2.01. The Hall–Kier alpha value is -1.77. The number of carbonyl (C=O) groups excluding carboxylic acids is 1. The highest BCUT2D eigenvalue weighted by molar-refractivity contribution is 7.98. The Bertz CT molecular complexity index is 452. The molecule has 1 aromatic heterocycles. The molecule has 1 aromatic rings. The summed E-state index contributed by atoms with van der Waals surface area (Å²) in [6, 6.07) is -0.257. The Morgan fingerprint density at radius 3 is 2.86 bits per heavy atom. The molecule has 0 bridgehead atoms. The minimum Gasteiger partial charge on any atom is -0.480 e. The second-order valence-corrected chi connectivity index (χ2v) is 5.45. The van der Waals surface area contributed by atoms with E-state index in [9.17, 15) is 9.59 Å². The van der Waals surface area contributed by atoms with E-state index in [1.54, 1.807) is 0 Å². The van der Waals surface area contributed by atoms with Crippen LogP contribution in [-0.4, -0.2) is 50.7 Å². The molecule has 2 amide bonds. The van der Waals surface area contributed by atoms with Crippen LogP contribution < -0.4 is 10.6 Å². The van der Waals surface area contributed by atoms with E-state index in [2.05, 4.69) is 27.2 Å². The van der Waals surface area contributed by atoms with Crippen molar-refractivity contribution in [2.75, 3.05) is 18.6 Å². The monoisotopic (exact) mass is 315 g/mol. The Morgan fingerprint density at radius 2 is 2.14 bits per heavy atom. The minimum atomic E-state index is -0.987. The van der Waals surface area contributed by atoms with Gasteiger partial charge in [0.1, 0.15) is 12.2 Å². The van der Waals surface area contributed by atoms with Crippen molar-refractivity contribution in [3.05, 3.63) is 11.9 Å². The van der Waals surface area contributed by atoms with Crippen molar-refractivity contribution in [3.8, 4) is 0 Å². The van der Waals surface area contributed by atoms with E-state index in [4.69, 9.17) is 5.11 Å². The number of rotatable bonds is 10. The fourth-order valence-electron chi connectivity index (χ4n) is 1.62. The molecular weight excluding hydrogens is 294 g/mol. The van der Waals surface area contributed by atoms with Gasteiger partial charge in [-0.3, -0.25) is 4.79 Å². The van der Waals surface area contributed by atoms with Gasteiger partial charge in [-0.2, -0.15) is 11.8 Å². The molecule has 0 spiro atoms. The van der Waals surface area contributed by atoms with Crippen molar-refractivity contribution in [2.45, 2.75) is 32.4 Å². The topological polar surface area (TPSA) is 109 Å². The summed E-state index contributed by atoms with van der Waals surface area (Å²) in [5, 5.41) is 21.4. The molecule has 9 heteroatoms. The van der Waals surface area contributed by atoms with E-state index in [1.165, 1.54) is 10.9 Å². The molecule has 21 heavy (non-hydrogen) atoms. The first-order valence-corrected chi connectivity index (χ1v) is 8.12. The van der Waals surface area contributed by atoms with Crippen LogP contribution >= 0.6 is 11.8 Å². The van der Waals surface area contributed by atoms with Crippen LogP contribution in [0.5, 0.6) is 0 Å². The zero-order valence-electron chi connectivity index (χ0n) is 12.0. The summed E-state index contributed by atoms with van der Waals surface area (Å²) < 4.78 is 1.21. The van der Waals surface area contributed by atoms with Crippen molar-refractivity contribution in [2.24, 2.45) is 0 Å². The zero-order valence-corrected chi connectivity index (χ0v) is 12.9. The van der Waals surface area contributed by atoms with E-state index in [-0.39, 0.29) is 19.1 Å².